The molecule has 0 bridgehead atoms. The van der Waals surface area contributed by atoms with Gasteiger partial charge in [0.2, 0.25) is 0 Å². The fourth-order valence-corrected chi connectivity index (χ4v) is 2.79. The first kappa shape index (κ1) is 16.1. The van der Waals surface area contributed by atoms with E-state index in [1.165, 1.54) is 0 Å². The van der Waals surface area contributed by atoms with Crippen LogP contribution in [0.4, 0.5) is 10.6 Å². The number of carbonyl (C=O) groups is 1. The van der Waals surface area contributed by atoms with Crippen LogP contribution in [0.15, 0.2) is 16.7 Å². The van der Waals surface area contributed by atoms with Crippen molar-refractivity contribution in [1.82, 2.24) is 9.88 Å². The first-order valence-corrected chi connectivity index (χ1v) is 7.94. The number of pyridine rings is 1. The van der Waals surface area contributed by atoms with E-state index < -0.39 is 5.60 Å². The largest absolute Gasteiger partial charge is 0.444 e. The van der Waals surface area contributed by atoms with Crippen LogP contribution in [0.1, 0.15) is 45.1 Å². The monoisotopic (exact) mass is 355 g/mol. The Morgan fingerprint density at radius 1 is 1.52 bits per heavy atom. The molecule has 1 amide bonds. The number of rotatable bonds is 1. The van der Waals surface area contributed by atoms with Crippen LogP contribution in [0.2, 0.25) is 0 Å². The topological polar surface area (TPSA) is 68.5 Å². The van der Waals surface area contributed by atoms with Crippen LogP contribution in [0.3, 0.4) is 0 Å². The van der Waals surface area contributed by atoms with Gasteiger partial charge < -0.3 is 15.4 Å². The van der Waals surface area contributed by atoms with E-state index in [1.807, 2.05) is 26.8 Å². The van der Waals surface area contributed by atoms with Crippen molar-refractivity contribution in [3.63, 3.8) is 0 Å². The van der Waals surface area contributed by atoms with Gasteiger partial charge in [0, 0.05) is 25.2 Å². The zero-order chi connectivity index (χ0) is 15.6. The first-order chi connectivity index (χ1) is 9.76. The molecule has 6 heteroatoms. The van der Waals surface area contributed by atoms with Crippen molar-refractivity contribution in [3.8, 4) is 0 Å². The second-order valence-corrected chi connectivity index (χ2v) is 7.26. The molecule has 1 aliphatic rings. The van der Waals surface area contributed by atoms with Gasteiger partial charge >= 0.3 is 6.09 Å². The molecule has 0 aromatic carbocycles. The maximum atomic E-state index is 12.2. The SMILES string of the molecule is CC(C)(C)OC(=O)N1CCCC(c2cnc(N)c(Br)c2)C1. The predicted molar refractivity (Wildman–Crippen MR) is 86.1 cm³/mol. The molecule has 0 aliphatic carbocycles. The van der Waals surface area contributed by atoms with Crippen molar-refractivity contribution in [2.24, 2.45) is 0 Å². The highest BCUT2D eigenvalue weighted by Gasteiger charge is 2.28. The van der Waals surface area contributed by atoms with Crippen LogP contribution in [-0.2, 0) is 4.74 Å². The van der Waals surface area contributed by atoms with Crippen molar-refractivity contribution in [1.29, 1.82) is 0 Å². The van der Waals surface area contributed by atoms with Gasteiger partial charge in [-0.15, -0.1) is 0 Å². The molecule has 5 nitrogen and oxygen atoms in total. The van der Waals surface area contributed by atoms with Crippen LogP contribution in [0.25, 0.3) is 0 Å². The quantitative estimate of drug-likeness (QED) is 0.836. The number of carbonyl (C=O) groups excluding carboxylic acids is 1. The Labute approximate surface area is 134 Å². The Morgan fingerprint density at radius 3 is 2.86 bits per heavy atom. The lowest BCUT2D eigenvalue weighted by atomic mass is 9.92. The van der Waals surface area contributed by atoms with Crippen molar-refractivity contribution < 1.29 is 9.53 Å². The van der Waals surface area contributed by atoms with E-state index in [1.54, 1.807) is 11.1 Å². The van der Waals surface area contributed by atoms with Crippen LogP contribution in [0, 0.1) is 0 Å². The van der Waals surface area contributed by atoms with Gasteiger partial charge in [0.1, 0.15) is 11.4 Å². The van der Waals surface area contributed by atoms with Gasteiger partial charge in [-0.05, 0) is 61.2 Å². The molecule has 1 aliphatic heterocycles. The van der Waals surface area contributed by atoms with Gasteiger partial charge in [0.15, 0.2) is 0 Å². The van der Waals surface area contributed by atoms with Crippen LogP contribution < -0.4 is 5.73 Å². The van der Waals surface area contributed by atoms with E-state index in [0.29, 0.717) is 12.4 Å². The second-order valence-electron chi connectivity index (χ2n) is 6.40. The maximum Gasteiger partial charge on any atom is 0.410 e. The summed E-state index contributed by atoms with van der Waals surface area (Å²) >= 11 is 3.40. The molecule has 1 atom stereocenters. The molecule has 1 aromatic heterocycles. The summed E-state index contributed by atoms with van der Waals surface area (Å²) in [4.78, 5) is 18.1. The lowest BCUT2D eigenvalue weighted by molar-refractivity contribution is 0.0198. The Morgan fingerprint density at radius 2 is 2.24 bits per heavy atom. The van der Waals surface area contributed by atoms with Crippen molar-refractivity contribution in [3.05, 3.63) is 22.3 Å². The lowest BCUT2D eigenvalue weighted by Gasteiger charge is -2.34. The van der Waals surface area contributed by atoms with Crippen molar-refractivity contribution >= 4 is 27.8 Å². The summed E-state index contributed by atoms with van der Waals surface area (Å²) < 4.78 is 6.25. The Balaban J connectivity index is 2.06. The van der Waals surface area contributed by atoms with Crippen molar-refractivity contribution in [2.45, 2.75) is 45.1 Å². The Kier molecular flexibility index (Phi) is 4.76. The van der Waals surface area contributed by atoms with E-state index in [0.717, 1.165) is 29.4 Å². The average Bonchev–Trinajstić information content (AvgIpc) is 2.40. The number of halogens is 1. The number of nitrogens with two attached hydrogens (primary N) is 1. The second kappa shape index (κ2) is 6.22. The minimum absolute atomic E-state index is 0.241. The smallest absolute Gasteiger partial charge is 0.410 e. The van der Waals surface area contributed by atoms with E-state index >= 15 is 0 Å². The zero-order valence-electron chi connectivity index (χ0n) is 12.7. The van der Waals surface area contributed by atoms with E-state index in [9.17, 15) is 4.79 Å². The Bertz CT molecular complexity index is 528. The molecule has 2 N–H and O–H groups in total. The highest BCUT2D eigenvalue weighted by Crippen LogP contribution is 2.30. The van der Waals surface area contributed by atoms with Gasteiger partial charge in [0.25, 0.3) is 0 Å². The van der Waals surface area contributed by atoms with E-state index in [4.69, 9.17) is 10.5 Å². The fraction of sp³-hybridized carbons (Fsp3) is 0.600. The molecule has 2 heterocycles. The number of anilines is 1. The minimum atomic E-state index is -0.462. The summed E-state index contributed by atoms with van der Waals surface area (Å²) in [5.41, 5.74) is 6.36. The van der Waals surface area contributed by atoms with Crippen LogP contribution in [0.5, 0.6) is 0 Å². The summed E-state index contributed by atoms with van der Waals surface area (Å²) in [6.45, 7) is 7.05. The maximum absolute atomic E-state index is 12.2. The number of nitrogen functional groups attached to an aromatic ring is 1. The summed E-state index contributed by atoms with van der Waals surface area (Å²) in [7, 11) is 0. The minimum Gasteiger partial charge on any atom is -0.444 e. The molecule has 1 aromatic rings. The van der Waals surface area contributed by atoms with Crippen LogP contribution >= 0.6 is 15.9 Å². The summed E-state index contributed by atoms with van der Waals surface area (Å²) in [5, 5.41) is 0. The molecule has 0 saturated carbocycles. The molecule has 1 fully saturated rings. The molecule has 0 spiro atoms. The predicted octanol–water partition coefficient (Wildman–Crippen LogP) is 3.54. The molecule has 2 rings (SSSR count). The summed E-state index contributed by atoms with van der Waals surface area (Å²) in [6, 6.07) is 1.99. The highest BCUT2D eigenvalue weighted by molar-refractivity contribution is 9.10. The molecule has 116 valence electrons. The average molecular weight is 356 g/mol. The normalized spacial score (nSPS) is 19.4. The van der Waals surface area contributed by atoms with Gasteiger partial charge in [-0.1, -0.05) is 0 Å². The van der Waals surface area contributed by atoms with E-state index in [-0.39, 0.29) is 12.0 Å². The third-order valence-corrected chi connectivity index (χ3v) is 4.07. The standard InChI is InChI=1S/C15H22BrN3O2/c1-15(2,3)21-14(20)19-6-4-5-10(9-19)11-7-12(16)13(17)18-8-11/h7-8,10H,4-6,9H2,1-3H3,(H2,17,18). The molecule has 1 unspecified atom stereocenters. The number of likely N-dealkylation sites (tertiary alicyclic amines) is 1. The van der Waals surface area contributed by atoms with E-state index in [2.05, 4.69) is 20.9 Å². The highest BCUT2D eigenvalue weighted by atomic mass is 79.9. The Hall–Kier alpha value is -1.30. The summed E-state index contributed by atoms with van der Waals surface area (Å²) in [5.74, 6) is 0.759. The van der Waals surface area contributed by atoms with Gasteiger partial charge in [-0.25, -0.2) is 9.78 Å². The molecule has 21 heavy (non-hydrogen) atoms. The number of amides is 1. The van der Waals surface area contributed by atoms with Crippen LogP contribution in [-0.4, -0.2) is 34.7 Å². The number of hydrogen-bond acceptors (Lipinski definition) is 4. The molecular weight excluding hydrogens is 334 g/mol. The lowest BCUT2D eigenvalue weighted by Crippen LogP contribution is -2.42. The number of aromatic nitrogens is 1. The fourth-order valence-electron chi connectivity index (χ4n) is 2.43. The third-order valence-electron chi connectivity index (χ3n) is 3.44. The number of piperidine rings is 1. The number of nitrogens with zero attached hydrogens (tertiary/aromatic N) is 2. The van der Waals surface area contributed by atoms with Gasteiger partial charge in [-0.2, -0.15) is 0 Å². The first-order valence-electron chi connectivity index (χ1n) is 7.15. The molecule has 0 radical (unpaired) electrons. The molecular formula is C15H22BrN3O2. The molecule has 1 saturated heterocycles. The zero-order valence-corrected chi connectivity index (χ0v) is 14.3. The van der Waals surface area contributed by atoms with Crippen molar-refractivity contribution in [2.75, 3.05) is 18.8 Å². The third kappa shape index (κ3) is 4.33. The number of hydrogen-bond donors (Lipinski definition) is 1. The van der Waals surface area contributed by atoms with Gasteiger partial charge in [0.05, 0.1) is 4.47 Å². The number of ether oxygens (including phenoxy) is 1. The summed E-state index contributed by atoms with van der Waals surface area (Å²) in [6.07, 6.45) is 3.56. The van der Waals surface area contributed by atoms with Gasteiger partial charge in [-0.3, -0.25) is 0 Å².